The molecule has 0 fully saturated rings. The van der Waals surface area contributed by atoms with Gasteiger partial charge < -0.3 is 9.15 Å². The van der Waals surface area contributed by atoms with Crippen molar-refractivity contribution in [3.05, 3.63) is 61.2 Å². The van der Waals surface area contributed by atoms with Gasteiger partial charge >= 0.3 is 0 Å². The number of rotatable bonds is 4. The van der Waals surface area contributed by atoms with Crippen molar-refractivity contribution in [2.24, 2.45) is 0 Å². The minimum atomic E-state index is 0.502. The Morgan fingerprint density at radius 3 is 2.63 bits per heavy atom. The third-order valence-electron chi connectivity index (χ3n) is 2.76. The molecule has 0 aliphatic rings. The van der Waals surface area contributed by atoms with Gasteiger partial charge in [-0.05, 0) is 36.4 Å². The van der Waals surface area contributed by atoms with Crippen molar-refractivity contribution in [3.63, 3.8) is 0 Å². The Balaban J connectivity index is 1.90. The molecule has 19 heavy (non-hydrogen) atoms. The average Bonchev–Trinajstić information content (AvgIpc) is 2.89. The molecule has 0 saturated carbocycles. The Hall–Kier alpha value is -2.55. The number of oxazole rings is 1. The number of ether oxygens (including phenoxy) is 1. The Bertz CT molecular complexity index is 665. The highest BCUT2D eigenvalue weighted by Crippen LogP contribution is 2.25. The van der Waals surface area contributed by atoms with Gasteiger partial charge in [-0.1, -0.05) is 24.8 Å². The molecule has 94 valence electrons. The maximum absolute atomic E-state index is 5.71. The Labute approximate surface area is 111 Å². The summed E-state index contributed by atoms with van der Waals surface area (Å²) >= 11 is 0. The highest BCUT2D eigenvalue weighted by atomic mass is 16.5. The van der Waals surface area contributed by atoms with Gasteiger partial charge in [-0.2, -0.15) is 0 Å². The van der Waals surface area contributed by atoms with Gasteiger partial charge in [-0.15, -0.1) is 0 Å². The minimum Gasteiger partial charge on any atom is -0.490 e. The number of hydrogen-bond donors (Lipinski definition) is 0. The Kier molecular flexibility index (Phi) is 3.02. The predicted molar refractivity (Wildman–Crippen MR) is 75.1 cm³/mol. The lowest BCUT2D eigenvalue weighted by molar-refractivity contribution is 0.363. The molecule has 1 aromatic heterocycles. The zero-order valence-electron chi connectivity index (χ0n) is 10.4. The van der Waals surface area contributed by atoms with Crippen molar-refractivity contribution in [2.45, 2.75) is 0 Å². The highest BCUT2D eigenvalue weighted by Gasteiger charge is 2.07. The van der Waals surface area contributed by atoms with E-state index in [9.17, 15) is 0 Å². The van der Waals surface area contributed by atoms with Gasteiger partial charge in [0.05, 0.1) is 0 Å². The van der Waals surface area contributed by atoms with E-state index in [0.717, 1.165) is 22.4 Å². The molecule has 3 aromatic rings. The van der Waals surface area contributed by atoms with Crippen LogP contribution in [0.25, 0.3) is 22.6 Å². The molecule has 0 bridgehead atoms. The molecule has 0 aliphatic heterocycles. The maximum Gasteiger partial charge on any atom is 0.227 e. The number of fused-ring (bicyclic) bond motifs is 1. The van der Waals surface area contributed by atoms with Crippen molar-refractivity contribution in [1.82, 2.24) is 4.98 Å². The van der Waals surface area contributed by atoms with Crippen LogP contribution in [0.4, 0.5) is 0 Å². The SMILES string of the molecule is C=CCOc1ccc(-c2nc3ccccc3o2)cc1. The Morgan fingerprint density at radius 2 is 1.89 bits per heavy atom. The van der Waals surface area contributed by atoms with E-state index in [-0.39, 0.29) is 0 Å². The van der Waals surface area contributed by atoms with E-state index in [1.54, 1.807) is 6.08 Å². The number of nitrogens with zero attached hydrogens (tertiary/aromatic N) is 1. The van der Waals surface area contributed by atoms with E-state index in [2.05, 4.69) is 11.6 Å². The van der Waals surface area contributed by atoms with Crippen molar-refractivity contribution < 1.29 is 9.15 Å². The number of hydrogen-bond acceptors (Lipinski definition) is 3. The standard InChI is InChI=1S/C16H13NO2/c1-2-11-18-13-9-7-12(8-10-13)16-17-14-5-3-4-6-15(14)19-16/h2-10H,1,11H2. The zero-order chi connectivity index (χ0) is 13.1. The summed E-state index contributed by atoms with van der Waals surface area (Å²) in [4.78, 5) is 4.45. The first kappa shape index (κ1) is 11.5. The van der Waals surface area contributed by atoms with E-state index in [1.807, 2.05) is 48.5 Å². The smallest absolute Gasteiger partial charge is 0.227 e. The summed E-state index contributed by atoms with van der Waals surface area (Å²) in [7, 11) is 0. The topological polar surface area (TPSA) is 35.3 Å². The van der Waals surface area contributed by atoms with Crippen LogP contribution in [-0.2, 0) is 0 Å². The number of para-hydroxylation sites is 2. The molecule has 0 radical (unpaired) electrons. The molecule has 0 saturated heterocycles. The Morgan fingerprint density at radius 1 is 1.11 bits per heavy atom. The van der Waals surface area contributed by atoms with Crippen LogP contribution in [0, 0.1) is 0 Å². The van der Waals surface area contributed by atoms with Gasteiger partial charge in [-0.25, -0.2) is 4.98 Å². The first-order chi connectivity index (χ1) is 9.36. The monoisotopic (exact) mass is 251 g/mol. The van der Waals surface area contributed by atoms with E-state index >= 15 is 0 Å². The molecular formula is C16H13NO2. The first-order valence-corrected chi connectivity index (χ1v) is 6.06. The third-order valence-corrected chi connectivity index (χ3v) is 2.76. The summed E-state index contributed by atoms with van der Waals surface area (Å²) in [6.07, 6.45) is 1.72. The van der Waals surface area contributed by atoms with Gasteiger partial charge in [0.2, 0.25) is 5.89 Å². The molecule has 0 spiro atoms. The van der Waals surface area contributed by atoms with Crippen molar-refractivity contribution in [2.75, 3.05) is 6.61 Å². The molecule has 2 aromatic carbocycles. The van der Waals surface area contributed by atoms with Gasteiger partial charge in [0.1, 0.15) is 17.9 Å². The molecule has 0 unspecified atom stereocenters. The van der Waals surface area contributed by atoms with Crippen molar-refractivity contribution >= 4 is 11.1 Å². The predicted octanol–water partition coefficient (Wildman–Crippen LogP) is 4.06. The number of aromatic nitrogens is 1. The van der Waals surface area contributed by atoms with E-state index in [0.29, 0.717) is 12.5 Å². The fraction of sp³-hybridized carbons (Fsp3) is 0.0625. The van der Waals surface area contributed by atoms with Gasteiger partial charge in [0.25, 0.3) is 0 Å². The van der Waals surface area contributed by atoms with Gasteiger partial charge in [0.15, 0.2) is 5.58 Å². The quantitative estimate of drug-likeness (QED) is 0.656. The van der Waals surface area contributed by atoms with Crippen molar-refractivity contribution in [3.8, 4) is 17.2 Å². The molecule has 0 atom stereocenters. The van der Waals surface area contributed by atoms with Crippen LogP contribution in [0.1, 0.15) is 0 Å². The van der Waals surface area contributed by atoms with Crippen LogP contribution in [0.5, 0.6) is 5.75 Å². The molecular weight excluding hydrogens is 238 g/mol. The average molecular weight is 251 g/mol. The van der Waals surface area contributed by atoms with Gasteiger partial charge in [0, 0.05) is 5.56 Å². The van der Waals surface area contributed by atoms with E-state index in [4.69, 9.17) is 9.15 Å². The molecule has 0 aliphatic carbocycles. The van der Waals surface area contributed by atoms with Crippen LogP contribution in [0.2, 0.25) is 0 Å². The summed E-state index contributed by atoms with van der Waals surface area (Å²) in [5, 5.41) is 0. The van der Waals surface area contributed by atoms with Crippen LogP contribution >= 0.6 is 0 Å². The normalized spacial score (nSPS) is 10.5. The van der Waals surface area contributed by atoms with Crippen molar-refractivity contribution in [1.29, 1.82) is 0 Å². The summed E-state index contributed by atoms with van der Waals surface area (Å²) in [6.45, 7) is 4.12. The molecule has 3 heteroatoms. The second-order valence-electron chi connectivity index (χ2n) is 4.11. The zero-order valence-corrected chi connectivity index (χ0v) is 10.4. The van der Waals surface area contributed by atoms with Crippen LogP contribution < -0.4 is 4.74 Å². The molecule has 1 heterocycles. The molecule has 0 amide bonds. The summed E-state index contributed by atoms with van der Waals surface area (Å²) in [6, 6.07) is 15.4. The van der Waals surface area contributed by atoms with Crippen LogP contribution in [-0.4, -0.2) is 11.6 Å². The number of benzene rings is 2. The first-order valence-electron chi connectivity index (χ1n) is 6.06. The van der Waals surface area contributed by atoms with Crippen LogP contribution in [0.3, 0.4) is 0 Å². The maximum atomic E-state index is 5.71. The summed E-state index contributed by atoms with van der Waals surface area (Å²) in [5.74, 6) is 1.43. The molecule has 3 nitrogen and oxygen atoms in total. The summed E-state index contributed by atoms with van der Waals surface area (Å²) < 4.78 is 11.1. The lowest BCUT2D eigenvalue weighted by atomic mass is 10.2. The van der Waals surface area contributed by atoms with E-state index in [1.165, 1.54) is 0 Å². The lowest BCUT2D eigenvalue weighted by Gasteiger charge is -2.02. The highest BCUT2D eigenvalue weighted by molar-refractivity contribution is 5.76. The molecule has 3 rings (SSSR count). The molecule has 0 N–H and O–H groups in total. The largest absolute Gasteiger partial charge is 0.490 e. The fourth-order valence-corrected chi connectivity index (χ4v) is 1.84. The second-order valence-corrected chi connectivity index (χ2v) is 4.11. The second kappa shape index (κ2) is 4.98. The van der Waals surface area contributed by atoms with Gasteiger partial charge in [-0.3, -0.25) is 0 Å². The lowest BCUT2D eigenvalue weighted by Crippen LogP contribution is -1.92. The minimum absolute atomic E-state index is 0.502. The fourth-order valence-electron chi connectivity index (χ4n) is 1.84. The van der Waals surface area contributed by atoms with Crippen LogP contribution in [0.15, 0.2) is 65.6 Å². The van der Waals surface area contributed by atoms with E-state index < -0.39 is 0 Å². The third kappa shape index (κ3) is 2.36. The summed E-state index contributed by atoms with van der Waals surface area (Å²) in [5.41, 5.74) is 2.59.